The molecule has 23 heavy (non-hydrogen) atoms. The monoisotopic (exact) mass is 328 g/mol. The van der Waals surface area contributed by atoms with E-state index in [9.17, 15) is 22.8 Å². The summed E-state index contributed by atoms with van der Waals surface area (Å²) in [5.74, 6) is -0.429. The van der Waals surface area contributed by atoms with Gasteiger partial charge in [-0.25, -0.2) is 0 Å². The van der Waals surface area contributed by atoms with E-state index in [-0.39, 0.29) is 18.5 Å². The molecule has 0 aromatic carbocycles. The molecule has 7 heteroatoms. The third-order valence-corrected chi connectivity index (χ3v) is 4.98. The second kappa shape index (κ2) is 5.78. The van der Waals surface area contributed by atoms with Gasteiger partial charge in [-0.1, -0.05) is 6.92 Å². The number of hydrogen-bond acceptors (Lipinski definition) is 3. The number of pyridine rings is 1. The molecule has 3 heterocycles. The summed E-state index contributed by atoms with van der Waals surface area (Å²) in [6, 6.07) is 2.74. The van der Waals surface area contributed by atoms with Gasteiger partial charge in [0.05, 0.1) is 5.56 Å². The average Bonchev–Trinajstić information content (AvgIpc) is 3.10. The first-order chi connectivity index (χ1) is 10.8. The quantitative estimate of drug-likeness (QED) is 0.781. The zero-order valence-corrected chi connectivity index (χ0v) is 12.9. The van der Waals surface area contributed by atoms with Crippen molar-refractivity contribution >= 4 is 5.78 Å². The van der Waals surface area contributed by atoms with Crippen LogP contribution in [0.1, 0.15) is 48.7 Å². The number of Topliss-reactive ketones (excluding diaryl/α,β-unsaturated/α-hetero) is 1. The lowest BCUT2D eigenvalue weighted by molar-refractivity contribution is -0.144. The Morgan fingerprint density at radius 2 is 1.87 bits per heavy atom. The summed E-state index contributed by atoms with van der Waals surface area (Å²) >= 11 is 0. The molecular weight excluding hydrogens is 309 g/mol. The Morgan fingerprint density at radius 3 is 2.39 bits per heavy atom. The van der Waals surface area contributed by atoms with E-state index in [4.69, 9.17) is 0 Å². The zero-order chi connectivity index (χ0) is 16.8. The van der Waals surface area contributed by atoms with Gasteiger partial charge in [0.1, 0.15) is 5.69 Å². The number of alkyl halides is 3. The van der Waals surface area contributed by atoms with Gasteiger partial charge in [0, 0.05) is 31.6 Å². The fourth-order valence-electron chi connectivity index (χ4n) is 3.73. The SMILES string of the molecule is CCC(=O)c1ccc(C(F)(F)F)n(CCN2C3CCC2C3)c1=O. The largest absolute Gasteiger partial charge is 0.431 e. The van der Waals surface area contributed by atoms with E-state index in [0.717, 1.165) is 36.0 Å². The van der Waals surface area contributed by atoms with Crippen LogP contribution in [0.15, 0.2) is 16.9 Å². The molecule has 0 radical (unpaired) electrons. The normalized spacial score (nSPS) is 23.8. The highest BCUT2D eigenvalue weighted by Crippen LogP contribution is 2.40. The number of rotatable bonds is 5. The molecule has 126 valence electrons. The number of carbonyl (C=O) groups is 1. The number of aromatic nitrogens is 1. The molecule has 4 nitrogen and oxygen atoms in total. The van der Waals surface area contributed by atoms with Gasteiger partial charge in [0.2, 0.25) is 0 Å². The van der Waals surface area contributed by atoms with E-state index >= 15 is 0 Å². The van der Waals surface area contributed by atoms with Crippen LogP contribution < -0.4 is 5.56 Å². The summed E-state index contributed by atoms with van der Waals surface area (Å²) in [7, 11) is 0. The van der Waals surface area contributed by atoms with Gasteiger partial charge in [-0.3, -0.25) is 14.5 Å². The second-order valence-electron chi connectivity index (χ2n) is 6.22. The number of hydrogen-bond donors (Lipinski definition) is 0. The van der Waals surface area contributed by atoms with Crippen molar-refractivity contribution in [1.82, 2.24) is 9.47 Å². The highest BCUT2D eigenvalue weighted by molar-refractivity contribution is 5.95. The van der Waals surface area contributed by atoms with Crippen LogP contribution in [0.25, 0.3) is 0 Å². The van der Waals surface area contributed by atoms with Crippen molar-refractivity contribution in [3.8, 4) is 0 Å². The molecule has 3 aliphatic rings. The minimum atomic E-state index is -4.61. The van der Waals surface area contributed by atoms with E-state index in [1.165, 1.54) is 0 Å². The Labute approximate surface area is 131 Å². The van der Waals surface area contributed by atoms with Crippen molar-refractivity contribution in [3.63, 3.8) is 0 Å². The van der Waals surface area contributed by atoms with Crippen LogP contribution in [0, 0.1) is 0 Å². The lowest BCUT2D eigenvalue weighted by atomic mass is 10.0. The van der Waals surface area contributed by atoms with Crippen molar-refractivity contribution in [2.24, 2.45) is 0 Å². The molecule has 0 N–H and O–H groups in total. The number of fused-ring (bicyclic) bond motifs is 1. The van der Waals surface area contributed by atoms with Crippen LogP contribution in [0.3, 0.4) is 0 Å². The maximum absolute atomic E-state index is 13.2. The van der Waals surface area contributed by atoms with Gasteiger partial charge in [0.15, 0.2) is 5.78 Å². The highest BCUT2D eigenvalue weighted by Gasteiger charge is 2.44. The lowest BCUT2D eigenvalue weighted by Gasteiger charge is -2.40. The number of carbonyl (C=O) groups excluding carboxylic acids is 1. The van der Waals surface area contributed by atoms with E-state index < -0.39 is 23.2 Å². The van der Waals surface area contributed by atoms with Gasteiger partial charge in [-0.15, -0.1) is 0 Å². The van der Waals surface area contributed by atoms with Gasteiger partial charge >= 0.3 is 6.18 Å². The fraction of sp³-hybridized carbons (Fsp3) is 0.625. The topological polar surface area (TPSA) is 42.3 Å². The zero-order valence-electron chi connectivity index (χ0n) is 12.9. The Balaban J connectivity index is 1.91. The van der Waals surface area contributed by atoms with Crippen LogP contribution in [0.2, 0.25) is 0 Å². The van der Waals surface area contributed by atoms with Crippen LogP contribution in [-0.2, 0) is 12.7 Å². The molecule has 2 atom stereocenters. The van der Waals surface area contributed by atoms with Crippen LogP contribution in [0.5, 0.6) is 0 Å². The summed E-state index contributed by atoms with van der Waals surface area (Å²) in [6.07, 6.45) is -1.24. The maximum atomic E-state index is 13.2. The first-order valence-electron chi connectivity index (χ1n) is 7.93. The predicted octanol–water partition coefficient (Wildman–Crippen LogP) is 2.70. The highest BCUT2D eigenvalue weighted by atomic mass is 19.4. The molecule has 2 saturated heterocycles. The molecule has 1 aliphatic carbocycles. The molecule has 2 aliphatic heterocycles. The van der Waals surface area contributed by atoms with Gasteiger partial charge < -0.3 is 4.57 Å². The summed E-state index contributed by atoms with van der Waals surface area (Å²) in [4.78, 5) is 26.3. The summed E-state index contributed by atoms with van der Waals surface area (Å²) in [5.41, 5.74) is -1.98. The fourth-order valence-corrected chi connectivity index (χ4v) is 3.73. The first-order valence-corrected chi connectivity index (χ1v) is 7.93. The maximum Gasteiger partial charge on any atom is 0.431 e. The number of ketones is 1. The third-order valence-electron chi connectivity index (χ3n) is 4.98. The summed E-state index contributed by atoms with van der Waals surface area (Å²) < 4.78 is 40.2. The third kappa shape index (κ3) is 2.82. The van der Waals surface area contributed by atoms with E-state index in [1.54, 1.807) is 6.92 Å². The van der Waals surface area contributed by atoms with Crippen molar-refractivity contribution < 1.29 is 18.0 Å². The van der Waals surface area contributed by atoms with E-state index in [2.05, 4.69) is 4.90 Å². The lowest BCUT2D eigenvalue weighted by Crippen LogP contribution is -2.50. The Kier molecular flexibility index (Phi) is 4.08. The van der Waals surface area contributed by atoms with Gasteiger partial charge in [0.25, 0.3) is 5.56 Å². The molecule has 2 bridgehead atoms. The van der Waals surface area contributed by atoms with Gasteiger partial charge in [-0.2, -0.15) is 13.2 Å². The van der Waals surface area contributed by atoms with Crippen LogP contribution in [0.4, 0.5) is 13.2 Å². The molecule has 0 amide bonds. The minimum Gasteiger partial charge on any atom is -0.303 e. The molecular formula is C16H19F3N2O2. The number of halogens is 3. The Hall–Kier alpha value is -1.63. The molecule has 3 fully saturated rings. The van der Waals surface area contributed by atoms with Crippen molar-refractivity contribution in [3.05, 3.63) is 33.7 Å². The average molecular weight is 328 g/mol. The molecule has 0 spiro atoms. The second-order valence-corrected chi connectivity index (χ2v) is 6.22. The molecule has 4 rings (SSSR count). The molecule has 1 aromatic rings. The van der Waals surface area contributed by atoms with E-state index in [0.29, 0.717) is 18.6 Å². The van der Waals surface area contributed by atoms with Gasteiger partial charge in [-0.05, 0) is 31.4 Å². The summed E-state index contributed by atoms with van der Waals surface area (Å²) in [5, 5.41) is 0. The minimum absolute atomic E-state index is 0.0362. The smallest absolute Gasteiger partial charge is 0.303 e. The molecule has 2 unspecified atom stereocenters. The van der Waals surface area contributed by atoms with Crippen LogP contribution in [-0.4, -0.2) is 33.9 Å². The molecule has 1 saturated carbocycles. The summed E-state index contributed by atoms with van der Waals surface area (Å²) in [6.45, 7) is 1.97. The van der Waals surface area contributed by atoms with Crippen molar-refractivity contribution in [1.29, 1.82) is 0 Å². The number of nitrogens with zero attached hydrogens (tertiary/aromatic N) is 2. The molecule has 1 aromatic heterocycles. The predicted molar refractivity (Wildman–Crippen MR) is 78.5 cm³/mol. The Morgan fingerprint density at radius 1 is 1.22 bits per heavy atom. The van der Waals surface area contributed by atoms with E-state index in [1.807, 2.05) is 0 Å². The van der Waals surface area contributed by atoms with Crippen molar-refractivity contribution in [2.75, 3.05) is 6.54 Å². The first kappa shape index (κ1) is 16.2. The Bertz CT molecular complexity index is 667. The van der Waals surface area contributed by atoms with Crippen LogP contribution >= 0.6 is 0 Å². The van der Waals surface area contributed by atoms with Crippen molar-refractivity contribution in [2.45, 2.75) is 57.4 Å². The standard InChI is InChI=1S/C16H19F3N2O2/c1-2-13(22)12-5-6-14(16(17,18)19)21(15(12)23)8-7-20-10-3-4-11(20)9-10/h5-6,10-11H,2-4,7-9H2,1H3.